The average molecular weight is 334 g/mol. The normalized spacial score (nSPS) is 5.67. The highest BCUT2D eigenvalue weighted by Gasteiger charge is 2.04. The molecule has 0 saturated carbocycles. The standard InChI is InChI=1S/C8H6O4.6C2H4/c9-7(10)5-1-2-6(4-3-5)8(11)12;6*1-2/h1-4H,(H,9,10)(H,11,12);6*1-2H2. The predicted octanol–water partition coefficient (Wildman–Crippen LogP) is 5.90. The minimum atomic E-state index is -1.06. The minimum absolute atomic E-state index is 0.0833. The first-order valence-corrected chi connectivity index (χ1v) is 6.18. The summed E-state index contributed by atoms with van der Waals surface area (Å²) in [5, 5.41) is 16.9. The molecule has 0 heterocycles. The zero-order chi connectivity index (χ0) is 21.1. The van der Waals surface area contributed by atoms with Crippen LogP contribution in [0.2, 0.25) is 0 Å². The molecule has 0 atom stereocenters. The number of hydrogen-bond acceptors (Lipinski definition) is 2. The molecule has 0 bridgehead atoms. The highest BCUT2D eigenvalue weighted by atomic mass is 16.4. The summed E-state index contributed by atoms with van der Waals surface area (Å²) in [4.78, 5) is 20.7. The highest BCUT2D eigenvalue weighted by Crippen LogP contribution is 2.03. The maximum atomic E-state index is 10.3. The van der Waals surface area contributed by atoms with Crippen LogP contribution in [-0.4, -0.2) is 22.2 Å². The number of carboxylic acids is 2. The second-order valence-electron chi connectivity index (χ2n) is 2.19. The number of hydrogen-bond donors (Lipinski definition) is 2. The Morgan fingerprint density at radius 2 is 0.625 bits per heavy atom. The molecule has 4 nitrogen and oxygen atoms in total. The Hall–Kier alpha value is -3.40. The zero-order valence-electron chi connectivity index (χ0n) is 14.5. The smallest absolute Gasteiger partial charge is 0.335 e. The summed E-state index contributed by atoms with van der Waals surface area (Å²) < 4.78 is 0. The monoisotopic (exact) mass is 334 g/mol. The van der Waals surface area contributed by atoms with Crippen molar-refractivity contribution in [3.63, 3.8) is 0 Å². The van der Waals surface area contributed by atoms with Gasteiger partial charge < -0.3 is 10.2 Å². The summed E-state index contributed by atoms with van der Waals surface area (Å²) in [7, 11) is 0. The number of aromatic carboxylic acids is 2. The molecule has 0 amide bonds. The van der Waals surface area contributed by atoms with Crippen LogP contribution in [0.4, 0.5) is 0 Å². The van der Waals surface area contributed by atoms with Gasteiger partial charge in [-0.25, -0.2) is 9.59 Å². The number of benzene rings is 1. The molecule has 0 aliphatic carbocycles. The van der Waals surface area contributed by atoms with Gasteiger partial charge >= 0.3 is 11.9 Å². The van der Waals surface area contributed by atoms with Gasteiger partial charge in [-0.15, -0.1) is 78.9 Å². The average Bonchev–Trinajstić information content (AvgIpc) is 2.71. The summed E-state index contributed by atoms with van der Waals surface area (Å²) in [6, 6.07) is 5.02. The summed E-state index contributed by atoms with van der Waals surface area (Å²) in [6.07, 6.45) is 0. The molecule has 1 aromatic carbocycles. The maximum absolute atomic E-state index is 10.3. The fourth-order valence-electron chi connectivity index (χ4n) is 0.755. The minimum Gasteiger partial charge on any atom is -0.478 e. The maximum Gasteiger partial charge on any atom is 0.335 e. The van der Waals surface area contributed by atoms with E-state index in [-0.39, 0.29) is 11.1 Å². The van der Waals surface area contributed by atoms with E-state index in [1.165, 1.54) is 24.3 Å². The first kappa shape index (κ1) is 37.1. The van der Waals surface area contributed by atoms with Crippen LogP contribution >= 0.6 is 0 Å². The fraction of sp³-hybridized carbons (Fsp3) is 0. The molecule has 1 rings (SSSR count). The van der Waals surface area contributed by atoms with Crippen LogP contribution in [0.1, 0.15) is 20.7 Å². The fourth-order valence-corrected chi connectivity index (χ4v) is 0.755. The SMILES string of the molecule is C=C.C=C.C=C.C=C.C=C.C=C.O=C(O)c1ccc(C(=O)O)cc1. The lowest BCUT2D eigenvalue weighted by molar-refractivity contribution is 0.0681. The van der Waals surface area contributed by atoms with E-state index in [0.29, 0.717) is 0 Å². The van der Waals surface area contributed by atoms with E-state index in [0.717, 1.165) is 0 Å². The molecule has 0 aliphatic heterocycles. The molecule has 1 aromatic rings. The number of rotatable bonds is 2. The van der Waals surface area contributed by atoms with Gasteiger partial charge in [0.2, 0.25) is 0 Å². The molecule has 134 valence electrons. The van der Waals surface area contributed by atoms with Crippen LogP contribution in [0.3, 0.4) is 0 Å². The number of carboxylic acid groups (broad SMARTS) is 2. The van der Waals surface area contributed by atoms with Gasteiger partial charge in [-0.3, -0.25) is 0 Å². The second-order valence-corrected chi connectivity index (χ2v) is 2.19. The van der Waals surface area contributed by atoms with Crippen LogP contribution in [0.5, 0.6) is 0 Å². The van der Waals surface area contributed by atoms with E-state index in [1.807, 2.05) is 0 Å². The lowest BCUT2D eigenvalue weighted by Crippen LogP contribution is -1.99. The van der Waals surface area contributed by atoms with E-state index in [4.69, 9.17) is 10.2 Å². The van der Waals surface area contributed by atoms with Crippen molar-refractivity contribution in [3.05, 3.63) is 114 Å². The number of carbonyl (C=O) groups is 2. The van der Waals surface area contributed by atoms with Gasteiger partial charge in [-0.1, -0.05) is 0 Å². The van der Waals surface area contributed by atoms with Crippen molar-refractivity contribution in [3.8, 4) is 0 Å². The van der Waals surface area contributed by atoms with Gasteiger partial charge in [0.1, 0.15) is 0 Å². The van der Waals surface area contributed by atoms with Crippen molar-refractivity contribution in [2.24, 2.45) is 0 Å². The predicted molar refractivity (Wildman–Crippen MR) is 108 cm³/mol. The van der Waals surface area contributed by atoms with E-state index in [9.17, 15) is 9.59 Å². The lowest BCUT2D eigenvalue weighted by atomic mass is 10.1. The molecular formula is C20H30O4. The van der Waals surface area contributed by atoms with Gasteiger partial charge in [0.25, 0.3) is 0 Å². The molecule has 0 aliphatic rings. The van der Waals surface area contributed by atoms with Gasteiger partial charge in [-0.2, -0.15) is 0 Å². The summed E-state index contributed by atoms with van der Waals surface area (Å²) in [5.41, 5.74) is 0.167. The Labute approximate surface area is 146 Å². The van der Waals surface area contributed by atoms with Crippen molar-refractivity contribution in [1.82, 2.24) is 0 Å². The molecule has 24 heavy (non-hydrogen) atoms. The summed E-state index contributed by atoms with van der Waals surface area (Å²) in [6.45, 7) is 36.0. The molecule has 4 heteroatoms. The van der Waals surface area contributed by atoms with Crippen LogP contribution in [0.15, 0.2) is 103 Å². The second kappa shape index (κ2) is 42.7. The van der Waals surface area contributed by atoms with E-state index in [1.54, 1.807) is 0 Å². The summed E-state index contributed by atoms with van der Waals surface area (Å²) in [5.74, 6) is -2.13. The van der Waals surface area contributed by atoms with Crippen molar-refractivity contribution < 1.29 is 19.8 Å². The Morgan fingerprint density at radius 1 is 0.500 bits per heavy atom. The van der Waals surface area contributed by atoms with Crippen molar-refractivity contribution in [1.29, 1.82) is 0 Å². The molecule has 0 fully saturated rings. The van der Waals surface area contributed by atoms with Gasteiger partial charge in [0.15, 0.2) is 0 Å². The third-order valence-corrected chi connectivity index (χ3v) is 1.38. The Bertz CT molecular complexity index is 348. The molecule has 0 saturated heterocycles. The van der Waals surface area contributed by atoms with Gasteiger partial charge in [-0.05, 0) is 24.3 Å². The van der Waals surface area contributed by atoms with Crippen LogP contribution < -0.4 is 0 Å². The van der Waals surface area contributed by atoms with Gasteiger partial charge in [0, 0.05) is 0 Å². The molecule has 2 N–H and O–H groups in total. The van der Waals surface area contributed by atoms with Crippen molar-refractivity contribution >= 4 is 11.9 Å². The van der Waals surface area contributed by atoms with Crippen molar-refractivity contribution in [2.75, 3.05) is 0 Å². The largest absolute Gasteiger partial charge is 0.478 e. The lowest BCUT2D eigenvalue weighted by Gasteiger charge is -1.94. The van der Waals surface area contributed by atoms with Crippen LogP contribution in [-0.2, 0) is 0 Å². The van der Waals surface area contributed by atoms with Crippen LogP contribution in [0.25, 0.3) is 0 Å². The summed E-state index contributed by atoms with van der Waals surface area (Å²) >= 11 is 0. The molecular weight excluding hydrogens is 304 g/mol. The van der Waals surface area contributed by atoms with E-state index >= 15 is 0 Å². The molecule has 0 aromatic heterocycles. The van der Waals surface area contributed by atoms with Crippen molar-refractivity contribution in [2.45, 2.75) is 0 Å². The Kier molecular flexibility index (Phi) is 66.1. The van der Waals surface area contributed by atoms with Gasteiger partial charge in [0.05, 0.1) is 11.1 Å². The zero-order valence-corrected chi connectivity index (χ0v) is 14.5. The highest BCUT2D eigenvalue weighted by molar-refractivity contribution is 5.91. The quantitative estimate of drug-likeness (QED) is 0.661. The third kappa shape index (κ3) is 27.0. The first-order valence-electron chi connectivity index (χ1n) is 6.18. The molecule has 0 spiro atoms. The topological polar surface area (TPSA) is 74.6 Å². The van der Waals surface area contributed by atoms with E-state index in [2.05, 4.69) is 78.9 Å². The van der Waals surface area contributed by atoms with E-state index < -0.39 is 11.9 Å². The third-order valence-electron chi connectivity index (χ3n) is 1.38. The molecule has 0 radical (unpaired) electrons. The molecule has 0 unspecified atom stereocenters. The first-order chi connectivity index (χ1) is 11.6. The Morgan fingerprint density at radius 3 is 0.708 bits per heavy atom. The van der Waals surface area contributed by atoms with Crippen LogP contribution in [0, 0.1) is 0 Å². The Balaban J connectivity index is -0.0000000573.